The van der Waals surface area contributed by atoms with Crippen molar-refractivity contribution in [1.82, 2.24) is 15.1 Å². The van der Waals surface area contributed by atoms with Crippen LogP contribution < -0.4 is 5.32 Å². The first-order chi connectivity index (χ1) is 8.99. The summed E-state index contributed by atoms with van der Waals surface area (Å²) in [5, 5.41) is 6.61. The fraction of sp³-hybridized carbons (Fsp3) is 0.462. The number of ether oxygens (including phenoxy) is 1. The predicted molar refractivity (Wildman–Crippen MR) is 69.3 cm³/mol. The maximum absolute atomic E-state index is 11.9. The molecule has 6 nitrogen and oxygen atoms in total. The first kappa shape index (κ1) is 14.8. The van der Waals surface area contributed by atoms with E-state index >= 15 is 0 Å². The Bertz CT molecular complexity index is 499. The van der Waals surface area contributed by atoms with Crippen LogP contribution in [0.4, 0.5) is 0 Å². The molecule has 1 N–H and O–H groups in total. The van der Waals surface area contributed by atoms with E-state index in [0.29, 0.717) is 0 Å². The molecule has 6 heteroatoms. The number of aromatic nitrogens is 2. The maximum atomic E-state index is 11.9. The van der Waals surface area contributed by atoms with Gasteiger partial charge in [-0.25, -0.2) is 4.79 Å². The second-order valence-electron chi connectivity index (χ2n) is 4.23. The number of terminal acetylenes is 1. The molecule has 0 saturated heterocycles. The number of nitrogens with one attached hydrogen (secondary N) is 1. The van der Waals surface area contributed by atoms with Gasteiger partial charge in [0.15, 0.2) is 0 Å². The van der Waals surface area contributed by atoms with Crippen molar-refractivity contribution in [2.24, 2.45) is 0 Å². The minimum absolute atomic E-state index is 0.0727. The normalized spacial score (nSPS) is 11.7. The van der Waals surface area contributed by atoms with Crippen molar-refractivity contribution in [2.45, 2.75) is 32.4 Å². The molecule has 0 bridgehead atoms. The summed E-state index contributed by atoms with van der Waals surface area (Å²) >= 11 is 0. The molecule has 0 aliphatic rings. The maximum Gasteiger partial charge on any atom is 0.329 e. The summed E-state index contributed by atoms with van der Waals surface area (Å²) in [5.74, 6) is 1.29. The molecule has 1 heterocycles. The van der Waals surface area contributed by atoms with Crippen molar-refractivity contribution in [3.8, 4) is 12.3 Å². The molecule has 0 aliphatic heterocycles. The molecule has 1 rings (SSSR count). The van der Waals surface area contributed by atoms with Crippen molar-refractivity contribution in [2.75, 3.05) is 7.11 Å². The van der Waals surface area contributed by atoms with Crippen molar-refractivity contribution in [3.05, 3.63) is 18.0 Å². The van der Waals surface area contributed by atoms with Gasteiger partial charge in [0.1, 0.15) is 11.7 Å². The minimum Gasteiger partial charge on any atom is -0.467 e. The van der Waals surface area contributed by atoms with Crippen LogP contribution in [0.25, 0.3) is 0 Å². The van der Waals surface area contributed by atoms with Crippen LogP contribution in [0.3, 0.4) is 0 Å². The molecule has 0 saturated carbocycles. The lowest BCUT2D eigenvalue weighted by Crippen LogP contribution is -2.41. The number of hydrogen-bond acceptors (Lipinski definition) is 4. The molecule has 0 radical (unpaired) electrons. The third kappa shape index (κ3) is 3.85. The van der Waals surface area contributed by atoms with E-state index in [1.807, 2.05) is 13.8 Å². The van der Waals surface area contributed by atoms with Crippen LogP contribution in [0.5, 0.6) is 0 Å². The van der Waals surface area contributed by atoms with Crippen molar-refractivity contribution in [1.29, 1.82) is 0 Å². The predicted octanol–water partition coefficient (Wildman–Crippen LogP) is 0.759. The highest BCUT2D eigenvalue weighted by molar-refractivity contribution is 5.95. The van der Waals surface area contributed by atoms with Gasteiger partial charge < -0.3 is 10.1 Å². The minimum atomic E-state index is -0.855. The van der Waals surface area contributed by atoms with Gasteiger partial charge in [-0.05, 0) is 19.9 Å². The number of hydrogen-bond donors (Lipinski definition) is 1. The summed E-state index contributed by atoms with van der Waals surface area (Å²) in [7, 11) is 1.24. The Balaban J connectivity index is 2.76. The Kier molecular flexibility index (Phi) is 5.12. The Morgan fingerprint density at radius 3 is 2.74 bits per heavy atom. The molecule has 102 valence electrons. The quantitative estimate of drug-likeness (QED) is 0.628. The van der Waals surface area contributed by atoms with Crippen molar-refractivity contribution < 1.29 is 14.3 Å². The molecule has 0 aromatic carbocycles. The van der Waals surface area contributed by atoms with Crippen LogP contribution in [0.2, 0.25) is 0 Å². The number of esters is 1. The first-order valence-corrected chi connectivity index (χ1v) is 5.87. The average molecular weight is 263 g/mol. The molecule has 1 aromatic rings. The largest absolute Gasteiger partial charge is 0.467 e. The standard InChI is InChI=1S/C13H17N3O3/c1-5-6-11(13(18)19-4)14-12(17)10-7-8-16(15-10)9(2)3/h1,7-9,11H,6H2,2-4H3,(H,14,17). The van der Waals surface area contributed by atoms with Crippen LogP contribution in [0.15, 0.2) is 12.3 Å². The van der Waals surface area contributed by atoms with Crippen LogP contribution in [-0.2, 0) is 9.53 Å². The highest BCUT2D eigenvalue weighted by atomic mass is 16.5. The lowest BCUT2D eigenvalue weighted by Gasteiger charge is -2.13. The first-order valence-electron chi connectivity index (χ1n) is 5.87. The number of rotatable bonds is 5. The Morgan fingerprint density at radius 2 is 2.26 bits per heavy atom. The number of methoxy groups -OCH3 is 1. The third-order valence-corrected chi connectivity index (χ3v) is 2.48. The summed E-state index contributed by atoms with van der Waals surface area (Å²) in [6.07, 6.45) is 6.93. The van der Waals surface area contributed by atoms with E-state index in [0.717, 1.165) is 0 Å². The molecule has 1 aromatic heterocycles. The number of carbonyl (C=O) groups is 2. The summed E-state index contributed by atoms with van der Waals surface area (Å²) < 4.78 is 6.23. The second-order valence-corrected chi connectivity index (χ2v) is 4.23. The summed E-state index contributed by atoms with van der Waals surface area (Å²) in [6, 6.07) is 0.884. The summed E-state index contributed by atoms with van der Waals surface area (Å²) in [5.41, 5.74) is 0.236. The van der Waals surface area contributed by atoms with Gasteiger partial charge in [0.2, 0.25) is 0 Å². The van der Waals surface area contributed by atoms with Gasteiger partial charge >= 0.3 is 5.97 Å². The monoisotopic (exact) mass is 263 g/mol. The molecule has 1 amide bonds. The van der Waals surface area contributed by atoms with Gasteiger partial charge in [0.25, 0.3) is 5.91 Å². The van der Waals surface area contributed by atoms with Crippen LogP contribution in [0, 0.1) is 12.3 Å². The van der Waals surface area contributed by atoms with Gasteiger partial charge in [-0.2, -0.15) is 5.10 Å². The van der Waals surface area contributed by atoms with Crippen LogP contribution in [-0.4, -0.2) is 34.8 Å². The molecule has 1 unspecified atom stereocenters. The van der Waals surface area contributed by atoms with Crippen LogP contribution in [0.1, 0.15) is 36.8 Å². The van der Waals surface area contributed by atoms with E-state index in [1.54, 1.807) is 16.9 Å². The van der Waals surface area contributed by atoms with Gasteiger partial charge in [0.05, 0.1) is 7.11 Å². The van der Waals surface area contributed by atoms with Gasteiger partial charge in [-0.15, -0.1) is 12.3 Å². The zero-order chi connectivity index (χ0) is 14.4. The smallest absolute Gasteiger partial charge is 0.329 e. The average Bonchev–Trinajstić information content (AvgIpc) is 2.87. The van der Waals surface area contributed by atoms with E-state index in [1.165, 1.54) is 7.11 Å². The zero-order valence-electron chi connectivity index (χ0n) is 11.2. The Morgan fingerprint density at radius 1 is 1.58 bits per heavy atom. The van der Waals surface area contributed by atoms with E-state index in [2.05, 4.69) is 21.1 Å². The van der Waals surface area contributed by atoms with E-state index in [-0.39, 0.29) is 18.2 Å². The number of nitrogens with zero attached hydrogens (tertiary/aromatic N) is 2. The third-order valence-electron chi connectivity index (χ3n) is 2.48. The Hall–Kier alpha value is -2.29. The summed E-state index contributed by atoms with van der Waals surface area (Å²) in [6.45, 7) is 3.90. The van der Waals surface area contributed by atoms with Gasteiger partial charge in [-0.3, -0.25) is 9.48 Å². The summed E-state index contributed by atoms with van der Waals surface area (Å²) in [4.78, 5) is 23.3. The Labute approximate surface area is 112 Å². The second kappa shape index (κ2) is 6.59. The molecule has 0 fully saturated rings. The molecular formula is C13H17N3O3. The SMILES string of the molecule is C#CCC(NC(=O)c1ccn(C(C)C)n1)C(=O)OC. The zero-order valence-corrected chi connectivity index (χ0v) is 11.2. The molecule has 0 spiro atoms. The van der Waals surface area contributed by atoms with Gasteiger partial charge in [-0.1, -0.05) is 0 Å². The fourth-order valence-electron chi connectivity index (χ4n) is 1.43. The molecule has 0 aliphatic carbocycles. The molecule has 19 heavy (non-hydrogen) atoms. The lowest BCUT2D eigenvalue weighted by atomic mass is 10.2. The number of carbonyl (C=O) groups excluding carboxylic acids is 2. The highest BCUT2D eigenvalue weighted by Crippen LogP contribution is 2.05. The van der Waals surface area contributed by atoms with E-state index in [4.69, 9.17) is 6.42 Å². The van der Waals surface area contributed by atoms with E-state index < -0.39 is 17.9 Å². The van der Waals surface area contributed by atoms with Gasteiger partial charge in [0, 0.05) is 18.7 Å². The fourth-order valence-corrected chi connectivity index (χ4v) is 1.43. The lowest BCUT2D eigenvalue weighted by molar-refractivity contribution is -0.142. The molecular weight excluding hydrogens is 246 g/mol. The topological polar surface area (TPSA) is 73.2 Å². The van der Waals surface area contributed by atoms with E-state index in [9.17, 15) is 9.59 Å². The highest BCUT2D eigenvalue weighted by Gasteiger charge is 2.22. The van der Waals surface area contributed by atoms with Crippen LogP contribution >= 0.6 is 0 Å². The number of amides is 1. The van der Waals surface area contributed by atoms with Crippen molar-refractivity contribution in [3.63, 3.8) is 0 Å². The van der Waals surface area contributed by atoms with Crippen molar-refractivity contribution >= 4 is 11.9 Å². The molecule has 1 atom stereocenters.